The molecule has 0 bridgehead atoms. The standard InChI is InChI=1S/C20H23N3O2/c24-20(21-12-14-25-15-13-21)16-22-10-11-23(17-6-2-1-3-7-17)19-9-5-4-8-18(19)22/h1-9H,10-16H2. The van der Waals surface area contributed by atoms with Gasteiger partial charge in [0, 0.05) is 31.9 Å². The number of morpholine rings is 1. The predicted molar refractivity (Wildman–Crippen MR) is 99.5 cm³/mol. The summed E-state index contributed by atoms with van der Waals surface area (Å²) in [5.74, 6) is 0.186. The van der Waals surface area contributed by atoms with E-state index in [0.29, 0.717) is 32.8 Å². The molecular formula is C20H23N3O2. The lowest BCUT2D eigenvalue weighted by atomic mass is 10.1. The number of ether oxygens (including phenoxy) is 1. The number of hydrogen-bond acceptors (Lipinski definition) is 4. The highest BCUT2D eigenvalue weighted by molar-refractivity contribution is 5.86. The summed E-state index contributed by atoms with van der Waals surface area (Å²) in [6, 6.07) is 18.8. The van der Waals surface area contributed by atoms with Crippen LogP contribution in [0.4, 0.5) is 17.1 Å². The van der Waals surface area contributed by atoms with Crippen LogP contribution in [0.5, 0.6) is 0 Å². The molecule has 0 radical (unpaired) electrons. The second-order valence-corrected chi connectivity index (χ2v) is 6.39. The Morgan fingerprint density at radius 3 is 2.28 bits per heavy atom. The Hall–Kier alpha value is -2.53. The van der Waals surface area contributed by atoms with E-state index in [1.54, 1.807) is 0 Å². The molecule has 1 saturated heterocycles. The molecule has 0 spiro atoms. The molecule has 25 heavy (non-hydrogen) atoms. The van der Waals surface area contributed by atoms with Gasteiger partial charge in [0.15, 0.2) is 0 Å². The summed E-state index contributed by atoms with van der Waals surface area (Å²) in [5, 5.41) is 0. The molecular weight excluding hydrogens is 314 g/mol. The highest BCUT2D eigenvalue weighted by Crippen LogP contribution is 2.37. The minimum absolute atomic E-state index is 0.186. The normalized spacial score (nSPS) is 17.4. The number of fused-ring (bicyclic) bond motifs is 1. The van der Waals surface area contributed by atoms with Crippen LogP contribution >= 0.6 is 0 Å². The largest absolute Gasteiger partial charge is 0.378 e. The van der Waals surface area contributed by atoms with Crippen molar-refractivity contribution in [3.8, 4) is 0 Å². The second-order valence-electron chi connectivity index (χ2n) is 6.39. The van der Waals surface area contributed by atoms with Crippen LogP contribution in [-0.4, -0.2) is 56.7 Å². The van der Waals surface area contributed by atoms with E-state index in [1.807, 2.05) is 17.0 Å². The van der Waals surface area contributed by atoms with E-state index in [0.717, 1.165) is 24.5 Å². The lowest BCUT2D eigenvalue weighted by Crippen LogP contribution is -2.48. The fourth-order valence-corrected chi connectivity index (χ4v) is 3.54. The van der Waals surface area contributed by atoms with E-state index >= 15 is 0 Å². The Morgan fingerprint density at radius 2 is 1.52 bits per heavy atom. The molecule has 2 aliphatic heterocycles. The van der Waals surface area contributed by atoms with Gasteiger partial charge < -0.3 is 19.4 Å². The van der Waals surface area contributed by atoms with Gasteiger partial charge in [-0.15, -0.1) is 0 Å². The third-order valence-electron chi connectivity index (χ3n) is 4.86. The molecule has 0 atom stereocenters. The monoisotopic (exact) mass is 337 g/mol. The minimum Gasteiger partial charge on any atom is -0.378 e. The Kier molecular flexibility index (Phi) is 4.57. The highest BCUT2D eigenvalue weighted by atomic mass is 16.5. The molecule has 0 aliphatic carbocycles. The van der Waals surface area contributed by atoms with Crippen molar-refractivity contribution >= 4 is 23.0 Å². The third kappa shape index (κ3) is 3.33. The molecule has 1 fully saturated rings. The van der Waals surface area contributed by atoms with Crippen LogP contribution in [0, 0.1) is 0 Å². The second kappa shape index (κ2) is 7.15. The first kappa shape index (κ1) is 16.0. The molecule has 0 N–H and O–H groups in total. The number of para-hydroxylation sites is 3. The number of rotatable bonds is 3. The van der Waals surface area contributed by atoms with Crippen LogP contribution in [0.25, 0.3) is 0 Å². The van der Waals surface area contributed by atoms with Crippen LogP contribution in [-0.2, 0) is 9.53 Å². The Bertz CT molecular complexity index is 729. The van der Waals surface area contributed by atoms with Gasteiger partial charge in [0.2, 0.25) is 5.91 Å². The summed E-state index contributed by atoms with van der Waals surface area (Å²) in [6.07, 6.45) is 0. The van der Waals surface area contributed by atoms with E-state index in [9.17, 15) is 4.79 Å². The van der Waals surface area contributed by atoms with Gasteiger partial charge in [0.1, 0.15) is 0 Å². The minimum atomic E-state index is 0.186. The average molecular weight is 337 g/mol. The van der Waals surface area contributed by atoms with E-state index < -0.39 is 0 Å². The Morgan fingerprint density at radius 1 is 0.840 bits per heavy atom. The van der Waals surface area contributed by atoms with Crippen molar-refractivity contribution in [1.82, 2.24) is 4.90 Å². The van der Waals surface area contributed by atoms with E-state index in [1.165, 1.54) is 5.69 Å². The van der Waals surface area contributed by atoms with Crippen molar-refractivity contribution < 1.29 is 9.53 Å². The van der Waals surface area contributed by atoms with Gasteiger partial charge in [-0.3, -0.25) is 4.79 Å². The maximum Gasteiger partial charge on any atom is 0.242 e. The molecule has 4 rings (SSSR count). The molecule has 5 heteroatoms. The molecule has 5 nitrogen and oxygen atoms in total. The maximum atomic E-state index is 12.6. The van der Waals surface area contributed by atoms with Crippen molar-refractivity contribution in [2.45, 2.75) is 0 Å². The molecule has 0 unspecified atom stereocenters. The van der Waals surface area contributed by atoms with Gasteiger partial charge in [-0.2, -0.15) is 0 Å². The first-order chi connectivity index (χ1) is 12.3. The Balaban J connectivity index is 1.55. The molecule has 2 aromatic carbocycles. The van der Waals surface area contributed by atoms with Crippen LogP contribution in [0.2, 0.25) is 0 Å². The van der Waals surface area contributed by atoms with Gasteiger partial charge in [-0.1, -0.05) is 30.3 Å². The van der Waals surface area contributed by atoms with Gasteiger partial charge in [-0.25, -0.2) is 0 Å². The number of carbonyl (C=O) groups is 1. The predicted octanol–water partition coefficient (Wildman–Crippen LogP) is 2.50. The summed E-state index contributed by atoms with van der Waals surface area (Å²) in [6.45, 7) is 4.82. The van der Waals surface area contributed by atoms with Crippen LogP contribution in [0.3, 0.4) is 0 Å². The number of benzene rings is 2. The number of carbonyl (C=O) groups excluding carboxylic acids is 1. The fourth-order valence-electron chi connectivity index (χ4n) is 3.54. The lowest BCUT2D eigenvalue weighted by molar-refractivity contribution is -0.133. The zero-order chi connectivity index (χ0) is 17.1. The summed E-state index contributed by atoms with van der Waals surface area (Å²) < 4.78 is 5.34. The molecule has 2 heterocycles. The van der Waals surface area contributed by atoms with Crippen LogP contribution < -0.4 is 9.80 Å². The van der Waals surface area contributed by atoms with Crippen molar-refractivity contribution in [2.75, 3.05) is 55.7 Å². The summed E-state index contributed by atoms with van der Waals surface area (Å²) in [4.78, 5) is 19.1. The van der Waals surface area contributed by atoms with Crippen molar-refractivity contribution in [1.29, 1.82) is 0 Å². The van der Waals surface area contributed by atoms with Gasteiger partial charge >= 0.3 is 0 Å². The fraction of sp³-hybridized carbons (Fsp3) is 0.350. The number of hydrogen-bond donors (Lipinski definition) is 0. The first-order valence-electron chi connectivity index (χ1n) is 8.85. The van der Waals surface area contributed by atoms with Gasteiger partial charge in [-0.05, 0) is 24.3 Å². The molecule has 1 amide bonds. The molecule has 0 saturated carbocycles. The molecule has 2 aromatic rings. The zero-order valence-corrected chi connectivity index (χ0v) is 14.3. The van der Waals surface area contributed by atoms with Gasteiger partial charge in [0.05, 0.1) is 31.1 Å². The molecule has 130 valence electrons. The zero-order valence-electron chi connectivity index (χ0n) is 14.3. The average Bonchev–Trinajstić information content (AvgIpc) is 2.69. The number of anilines is 3. The maximum absolute atomic E-state index is 12.6. The van der Waals surface area contributed by atoms with Crippen molar-refractivity contribution in [3.63, 3.8) is 0 Å². The van der Waals surface area contributed by atoms with Crippen LogP contribution in [0.1, 0.15) is 0 Å². The summed E-state index contributed by atoms with van der Waals surface area (Å²) in [5.41, 5.74) is 3.48. The SMILES string of the molecule is O=C(CN1CCN(c2ccccc2)c2ccccc21)N1CCOCC1. The van der Waals surface area contributed by atoms with Crippen molar-refractivity contribution in [3.05, 3.63) is 54.6 Å². The topological polar surface area (TPSA) is 36.0 Å². The quantitative estimate of drug-likeness (QED) is 0.862. The van der Waals surface area contributed by atoms with Gasteiger partial charge in [0.25, 0.3) is 0 Å². The summed E-state index contributed by atoms with van der Waals surface area (Å²) in [7, 11) is 0. The number of nitrogens with zero attached hydrogens (tertiary/aromatic N) is 3. The third-order valence-corrected chi connectivity index (χ3v) is 4.86. The molecule has 0 aromatic heterocycles. The first-order valence-corrected chi connectivity index (χ1v) is 8.85. The number of amides is 1. The molecule has 2 aliphatic rings. The van der Waals surface area contributed by atoms with E-state index in [-0.39, 0.29) is 5.91 Å². The smallest absolute Gasteiger partial charge is 0.242 e. The lowest BCUT2D eigenvalue weighted by Gasteiger charge is -2.39. The van der Waals surface area contributed by atoms with E-state index in [2.05, 4.69) is 52.3 Å². The van der Waals surface area contributed by atoms with E-state index in [4.69, 9.17) is 4.74 Å². The van der Waals surface area contributed by atoms with Crippen LogP contribution in [0.15, 0.2) is 54.6 Å². The summed E-state index contributed by atoms with van der Waals surface area (Å²) >= 11 is 0. The Labute approximate surface area is 148 Å². The highest BCUT2D eigenvalue weighted by Gasteiger charge is 2.26. The van der Waals surface area contributed by atoms with Crippen molar-refractivity contribution in [2.24, 2.45) is 0 Å².